The average Bonchev–Trinajstić information content (AvgIpc) is 2.38. The molecule has 2 amide bonds. The van der Waals surface area contributed by atoms with Gasteiger partial charge in [-0.2, -0.15) is 0 Å². The molecule has 0 aliphatic heterocycles. The molecule has 110 valence electrons. The fraction of sp³-hybridized carbons (Fsp3) is 0.429. The van der Waals surface area contributed by atoms with Crippen LogP contribution in [-0.2, 0) is 4.79 Å². The summed E-state index contributed by atoms with van der Waals surface area (Å²) in [6.45, 7) is 4.46. The molecule has 0 atom stereocenters. The van der Waals surface area contributed by atoms with E-state index in [1.54, 1.807) is 6.07 Å². The van der Waals surface area contributed by atoms with Crippen LogP contribution in [-0.4, -0.2) is 42.0 Å². The fourth-order valence-corrected chi connectivity index (χ4v) is 1.60. The Labute approximate surface area is 118 Å². The summed E-state index contributed by atoms with van der Waals surface area (Å²) in [7, 11) is 1.50. The molecule has 0 saturated heterocycles. The predicted molar refractivity (Wildman–Crippen MR) is 77.3 cm³/mol. The van der Waals surface area contributed by atoms with Gasteiger partial charge in [-0.3, -0.25) is 9.59 Å². The van der Waals surface area contributed by atoms with Crippen molar-refractivity contribution in [3.63, 3.8) is 0 Å². The van der Waals surface area contributed by atoms with E-state index in [0.29, 0.717) is 12.5 Å². The lowest BCUT2D eigenvalue weighted by molar-refractivity contribution is -0.121. The molecular formula is C14H21N3O3. The number of nitrogens with one attached hydrogen (secondary N) is 1. The number of benzene rings is 1. The van der Waals surface area contributed by atoms with Crippen LogP contribution in [0.25, 0.3) is 0 Å². The lowest BCUT2D eigenvalue weighted by Gasteiger charge is -2.18. The number of anilines is 1. The van der Waals surface area contributed by atoms with Gasteiger partial charge in [0, 0.05) is 13.6 Å². The van der Waals surface area contributed by atoms with Gasteiger partial charge in [-0.15, -0.1) is 0 Å². The van der Waals surface area contributed by atoms with Gasteiger partial charge in [0.2, 0.25) is 5.91 Å². The number of amides is 2. The highest BCUT2D eigenvalue weighted by atomic mass is 16.3. The number of hydrogen-bond donors (Lipinski definition) is 3. The minimum Gasteiger partial charge on any atom is -0.505 e. The third kappa shape index (κ3) is 4.15. The molecule has 6 nitrogen and oxygen atoms in total. The van der Waals surface area contributed by atoms with Crippen LogP contribution in [0.3, 0.4) is 0 Å². The van der Waals surface area contributed by atoms with Crippen LogP contribution in [0, 0.1) is 5.92 Å². The van der Waals surface area contributed by atoms with Crippen molar-refractivity contribution in [3.05, 3.63) is 23.8 Å². The fourth-order valence-electron chi connectivity index (χ4n) is 1.60. The minimum absolute atomic E-state index is 0.0697. The second-order valence-electron chi connectivity index (χ2n) is 5.10. The highest BCUT2D eigenvalue weighted by Crippen LogP contribution is 2.25. The maximum atomic E-state index is 12.1. The number of carbonyl (C=O) groups is 2. The Morgan fingerprint density at radius 2 is 2.05 bits per heavy atom. The zero-order valence-corrected chi connectivity index (χ0v) is 12.0. The normalized spacial score (nSPS) is 10.4. The lowest BCUT2D eigenvalue weighted by Crippen LogP contribution is -2.39. The Morgan fingerprint density at radius 3 is 2.65 bits per heavy atom. The molecule has 0 radical (unpaired) electrons. The van der Waals surface area contributed by atoms with Gasteiger partial charge in [-0.05, 0) is 18.1 Å². The minimum atomic E-state index is -0.450. The molecule has 1 aromatic rings. The Hall–Kier alpha value is -2.24. The van der Waals surface area contributed by atoms with E-state index in [0.717, 1.165) is 0 Å². The number of phenolic OH excluding ortho intramolecular Hbond substituents is 1. The molecule has 0 aliphatic carbocycles. The van der Waals surface area contributed by atoms with Crippen molar-refractivity contribution in [1.29, 1.82) is 0 Å². The Morgan fingerprint density at radius 1 is 1.40 bits per heavy atom. The van der Waals surface area contributed by atoms with Crippen molar-refractivity contribution in [3.8, 4) is 5.75 Å². The summed E-state index contributed by atoms with van der Waals surface area (Å²) >= 11 is 0. The summed E-state index contributed by atoms with van der Waals surface area (Å²) in [6.07, 6.45) is 0. The number of nitrogens with zero attached hydrogens (tertiary/aromatic N) is 1. The monoisotopic (exact) mass is 279 g/mol. The van der Waals surface area contributed by atoms with E-state index in [-0.39, 0.29) is 29.5 Å². The molecule has 6 heteroatoms. The van der Waals surface area contributed by atoms with Gasteiger partial charge in [0.25, 0.3) is 5.91 Å². The van der Waals surface area contributed by atoms with Crippen molar-refractivity contribution in [2.45, 2.75) is 13.8 Å². The van der Waals surface area contributed by atoms with Crippen molar-refractivity contribution >= 4 is 17.5 Å². The molecule has 0 bridgehead atoms. The van der Waals surface area contributed by atoms with Gasteiger partial charge in [0.1, 0.15) is 0 Å². The van der Waals surface area contributed by atoms with Crippen LogP contribution in [0.5, 0.6) is 5.75 Å². The lowest BCUT2D eigenvalue weighted by atomic mass is 10.1. The first-order valence-corrected chi connectivity index (χ1v) is 6.42. The number of nitrogens with two attached hydrogens (primary N) is 1. The number of likely N-dealkylation sites (N-methyl/N-ethyl adjacent to an activating group) is 1. The first kappa shape index (κ1) is 15.8. The summed E-state index contributed by atoms with van der Waals surface area (Å²) in [5, 5.41) is 12.5. The zero-order valence-electron chi connectivity index (χ0n) is 12.0. The van der Waals surface area contributed by atoms with E-state index < -0.39 is 5.91 Å². The van der Waals surface area contributed by atoms with E-state index in [1.807, 2.05) is 13.8 Å². The van der Waals surface area contributed by atoms with Crippen LogP contribution in [0.1, 0.15) is 24.2 Å². The largest absolute Gasteiger partial charge is 0.505 e. The first-order chi connectivity index (χ1) is 9.32. The summed E-state index contributed by atoms with van der Waals surface area (Å²) in [4.78, 5) is 25.0. The average molecular weight is 279 g/mol. The second-order valence-corrected chi connectivity index (χ2v) is 5.10. The Kier molecular flexibility index (Phi) is 5.37. The quantitative estimate of drug-likeness (QED) is 0.549. The van der Waals surface area contributed by atoms with Crippen molar-refractivity contribution in [2.24, 2.45) is 5.92 Å². The molecule has 0 aromatic heterocycles. The Bertz CT molecular complexity index is 500. The van der Waals surface area contributed by atoms with E-state index in [1.165, 1.54) is 24.1 Å². The van der Waals surface area contributed by atoms with Gasteiger partial charge in [0.05, 0.1) is 17.8 Å². The molecule has 20 heavy (non-hydrogen) atoms. The van der Waals surface area contributed by atoms with Gasteiger partial charge in [-0.25, -0.2) is 0 Å². The van der Waals surface area contributed by atoms with Gasteiger partial charge in [-0.1, -0.05) is 19.9 Å². The van der Waals surface area contributed by atoms with Crippen LogP contribution in [0.15, 0.2) is 18.2 Å². The third-order valence-electron chi connectivity index (χ3n) is 2.73. The maximum absolute atomic E-state index is 12.1. The number of carbonyl (C=O) groups excluding carboxylic acids is 2. The van der Waals surface area contributed by atoms with Crippen molar-refractivity contribution in [1.82, 2.24) is 10.2 Å². The molecule has 1 aromatic carbocycles. The summed E-state index contributed by atoms with van der Waals surface area (Å²) in [5.74, 6) is -0.600. The molecule has 0 saturated carbocycles. The molecule has 0 aliphatic rings. The van der Waals surface area contributed by atoms with E-state index in [2.05, 4.69) is 5.32 Å². The van der Waals surface area contributed by atoms with Crippen LogP contribution < -0.4 is 11.1 Å². The number of rotatable bonds is 5. The second kappa shape index (κ2) is 6.79. The molecule has 1 rings (SSSR count). The Balaban J connectivity index is 2.67. The van der Waals surface area contributed by atoms with Crippen LogP contribution in [0.2, 0.25) is 0 Å². The number of nitrogen functional groups attached to an aromatic ring is 1. The first-order valence-electron chi connectivity index (χ1n) is 6.42. The highest BCUT2D eigenvalue weighted by Gasteiger charge is 2.19. The van der Waals surface area contributed by atoms with Crippen LogP contribution in [0.4, 0.5) is 5.69 Å². The van der Waals surface area contributed by atoms with E-state index in [4.69, 9.17) is 5.73 Å². The molecular weight excluding hydrogens is 258 g/mol. The van der Waals surface area contributed by atoms with E-state index in [9.17, 15) is 14.7 Å². The number of aromatic hydroxyl groups is 1. The SMILES string of the molecule is CC(C)CNC(=O)CN(C)C(=O)c1cccc(N)c1O. The highest BCUT2D eigenvalue weighted by molar-refractivity contribution is 5.99. The molecule has 0 fully saturated rings. The van der Waals surface area contributed by atoms with Gasteiger partial charge >= 0.3 is 0 Å². The number of phenols is 1. The summed E-state index contributed by atoms with van der Waals surface area (Å²) < 4.78 is 0. The third-order valence-corrected chi connectivity index (χ3v) is 2.73. The predicted octanol–water partition coefficient (Wildman–Crippen LogP) is 0.819. The maximum Gasteiger partial charge on any atom is 0.257 e. The molecule has 0 heterocycles. The summed E-state index contributed by atoms with van der Waals surface area (Å²) in [6, 6.07) is 4.55. The summed E-state index contributed by atoms with van der Waals surface area (Å²) in [5.41, 5.74) is 5.76. The number of hydrogen-bond acceptors (Lipinski definition) is 4. The van der Waals surface area contributed by atoms with Crippen LogP contribution >= 0.6 is 0 Å². The van der Waals surface area contributed by atoms with Crippen molar-refractivity contribution < 1.29 is 14.7 Å². The molecule has 0 spiro atoms. The standard InChI is InChI=1S/C14H21N3O3/c1-9(2)7-16-12(18)8-17(3)14(20)10-5-4-6-11(15)13(10)19/h4-6,9,19H,7-8,15H2,1-3H3,(H,16,18). The van der Waals surface area contributed by atoms with Gasteiger partial charge in [0.15, 0.2) is 5.75 Å². The molecule has 0 unspecified atom stereocenters. The zero-order chi connectivity index (χ0) is 15.3. The number of para-hydroxylation sites is 1. The van der Waals surface area contributed by atoms with Gasteiger partial charge < -0.3 is 21.1 Å². The van der Waals surface area contributed by atoms with Crippen molar-refractivity contribution in [2.75, 3.05) is 25.9 Å². The van der Waals surface area contributed by atoms with E-state index >= 15 is 0 Å². The smallest absolute Gasteiger partial charge is 0.257 e. The molecule has 4 N–H and O–H groups in total. The topological polar surface area (TPSA) is 95.7 Å².